The van der Waals surface area contributed by atoms with Gasteiger partial charge in [-0.15, -0.1) is 0 Å². The normalized spacial score (nSPS) is 31.0. The zero-order chi connectivity index (χ0) is 23.0. The van der Waals surface area contributed by atoms with E-state index in [1.807, 2.05) is 5.57 Å². The molecule has 3 aliphatic carbocycles. The second kappa shape index (κ2) is 12.4. The largest absolute Gasteiger partial charge is 0.0850 e. The molecule has 3 rings (SSSR count). The van der Waals surface area contributed by atoms with Gasteiger partial charge in [0, 0.05) is 0 Å². The fraction of sp³-hybridized carbons (Fsp3) is 0.938. The first kappa shape index (κ1) is 26.3. The third-order valence-electron chi connectivity index (χ3n) is 10.1. The van der Waals surface area contributed by atoms with E-state index in [9.17, 15) is 0 Å². The van der Waals surface area contributed by atoms with Gasteiger partial charge >= 0.3 is 0 Å². The third kappa shape index (κ3) is 6.66. The lowest BCUT2D eigenvalue weighted by molar-refractivity contribution is 0.184. The Morgan fingerprint density at radius 1 is 0.844 bits per heavy atom. The Hall–Kier alpha value is -0.260. The molecule has 3 saturated carbocycles. The summed E-state index contributed by atoms with van der Waals surface area (Å²) in [6, 6.07) is 0. The highest BCUT2D eigenvalue weighted by Crippen LogP contribution is 2.88. The van der Waals surface area contributed by atoms with E-state index >= 15 is 0 Å². The molecule has 0 aromatic heterocycles. The SMILES string of the molecule is CCCCCCCCCCC1C2CC12C(C)(C)CCCCC=C(CCCC)C1CC1CC. The van der Waals surface area contributed by atoms with Gasteiger partial charge in [0.25, 0.3) is 0 Å². The van der Waals surface area contributed by atoms with E-state index in [2.05, 4.69) is 40.7 Å². The minimum Gasteiger partial charge on any atom is -0.0850 e. The molecule has 32 heavy (non-hydrogen) atoms. The molecular formula is C32H58. The molecular weight excluding hydrogens is 384 g/mol. The van der Waals surface area contributed by atoms with Gasteiger partial charge < -0.3 is 0 Å². The van der Waals surface area contributed by atoms with Gasteiger partial charge in [0.1, 0.15) is 0 Å². The second-order valence-corrected chi connectivity index (χ2v) is 12.7. The highest BCUT2D eigenvalue weighted by molar-refractivity contribution is 5.29. The van der Waals surface area contributed by atoms with E-state index in [1.54, 1.807) is 12.8 Å². The van der Waals surface area contributed by atoms with Crippen LogP contribution in [0, 0.1) is 34.5 Å². The maximum absolute atomic E-state index is 2.68. The van der Waals surface area contributed by atoms with Crippen molar-refractivity contribution in [3.63, 3.8) is 0 Å². The van der Waals surface area contributed by atoms with Crippen molar-refractivity contribution in [3.05, 3.63) is 11.6 Å². The van der Waals surface area contributed by atoms with Gasteiger partial charge in [0.2, 0.25) is 0 Å². The lowest BCUT2D eigenvalue weighted by Crippen LogP contribution is -2.22. The molecule has 0 heteroatoms. The number of unbranched alkanes of at least 4 members (excludes halogenated alkanes) is 10. The van der Waals surface area contributed by atoms with Crippen LogP contribution in [-0.2, 0) is 0 Å². The fourth-order valence-corrected chi connectivity index (χ4v) is 7.48. The van der Waals surface area contributed by atoms with Crippen LogP contribution in [0.1, 0.15) is 157 Å². The summed E-state index contributed by atoms with van der Waals surface area (Å²) in [5.41, 5.74) is 3.23. The average Bonchev–Trinajstić information content (AvgIpc) is 3.67. The van der Waals surface area contributed by atoms with Gasteiger partial charge in [-0.1, -0.05) is 117 Å². The molecule has 0 heterocycles. The number of rotatable bonds is 20. The summed E-state index contributed by atoms with van der Waals surface area (Å²) in [5, 5.41) is 0. The van der Waals surface area contributed by atoms with E-state index in [1.165, 1.54) is 109 Å². The molecule has 0 aromatic carbocycles. The first-order chi connectivity index (χ1) is 15.5. The number of hydrogen-bond donors (Lipinski definition) is 0. The molecule has 0 spiro atoms. The van der Waals surface area contributed by atoms with Crippen molar-refractivity contribution in [2.24, 2.45) is 34.5 Å². The zero-order valence-electron chi connectivity index (χ0n) is 22.8. The van der Waals surface area contributed by atoms with Crippen LogP contribution in [0.25, 0.3) is 0 Å². The van der Waals surface area contributed by atoms with Crippen molar-refractivity contribution < 1.29 is 0 Å². The Kier molecular flexibility index (Phi) is 10.2. The van der Waals surface area contributed by atoms with Crippen molar-refractivity contribution in [2.45, 2.75) is 157 Å². The van der Waals surface area contributed by atoms with Crippen molar-refractivity contribution in [3.8, 4) is 0 Å². The molecule has 0 bridgehead atoms. The molecule has 186 valence electrons. The molecule has 3 fully saturated rings. The van der Waals surface area contributed by atoms with E-state index < -0.39 is 0 Å². The topological polar surface area (TPSA) is 0 Å². The van der Waals surface area contributed by atoms with Gasteiger partial charge in [0.05, 0.1) is 0 Å². The Bertz CT molecular complexity index is 569. The molecule has 5 atom stereocenters. The van der Waals surface area contributed by atoms with Gasteiger partial charge in [-0.3, -0.25) is 0 Å². The maximum atomic E-state index is 2.68. The first-order valence-corrected chi connectivity index (χ1v) is 15.2. The average molecular weight is 443 g/mol. The summed E-state index contributed by atoms with van der Waals surface area (Å²) < 4.78 is 0. The Morgan fingerprint density at radius 2 is 1.53 bits per heavy atom. The number of fused-ring (bicyclic) bond motifs is 1. The fourth-order valence-electron chi connectivity index (χ4n) is 7.48. The smallest absolute Gasteiger partial charge is 0.0172 e. The minimum atomic E-state index is 0.598. The minimum absolute atomic E-state index is 0.598. The first-order valence-electron chi connectivity index (χ1n) is 15.2. The monoisotopic (exact) mass is 442 g/mol. The van der Waals surface area contributed by atoms with Crippen LogP contribution in [0.4, 0.5) is 0 Å². The third-order valence-corrected chi connectivity index (χ3v) is 10.1. The van der Waals surface area contributed by atoms with Gasteiger partial charge in [-0.25, -0.2) is 0 Å². The van der Waals surface area contributed by atoms with Crippen molar-refractivity contribution in [1.29, 1.82) is 0 Å². The second-order valence-electron chi connectivity index (χ2n) is 12.7. The van der Waals surface area contributed by atoms with Crippen LogP contribution >= 0.6 is 0 Å². The van der Waals surface area contributed by atoms with Crippen LogP contribution in [-0.4, -0.2) is 0 Å². The van der Waals surface area contributed by atoms with E-state index in [4.69, 9.17) is 0 Å². The van der Waals surface area contributed by atoms with Gasteiger partial charge in [0.15, 0.2) is 0 Å². The summed E-state index contributed by atoms with van der Waals surface area (Å²) in [7, 11) is 0. The number of hydrogen-bond acceptors (Lipinski definition) is 0. The molecule has 0 N–H and O–H groups in total. The van der Waals surface area contributed by atoms with Crippen LogP contribution in [0.3, 0.4) is 0 Å². The maximum Gasteiger partial charge on any atom is -0.0172 e. The zero-order valence-corrected chi connectivity index (χ0v) is 22.8. The van der Waals surface area contributed by atoms with Gasteiger partial charge in [-0.2, -0.15) is 0 Å². The van der Waals surface area contributed by atoms with Crippen LogP contribution in [0.15, 0.2) is 11.6 Å². The van der Waals surface area contributed by atoms with Crippen LogP contribution in [0.5, 0.6) is 0 Å². The molecule has 0 aliphatic heterocycles. The molecule has 3 aliphatic rings. The lowest BCUT2D eigenvalue weighted by Gasteiger charge is -2.31. The summed E-state index contributed by atoms with van der Waals surface area (Å²) in [5.74, 6) is 4.23. The Balaban J connectivity index is 1.28. The van der Waals surface area contributed by atoms with Crippen LogP contribution in [0.2, 0.25) is 0 Å². The van der Waals surface area contributed by atoms with Crippen molar-refractivity contribution in [1.82, 2.24) is 0 Å². The standard InChI is InChI=1S/C32H58/c1-6-9-11-12-13-14-15-18-22-29-30-25-32(29,30)31(4,5)23-19-16-17-21-27(20-10-7-2)28-24-26(28)8-3/h21,26,28-30H,6-20,22-25H2,1-5H3. The van der Waals surface area contributed by atoms with Crippen molar-refractivity contribution >= 4 is 0 Å². The Labute approximate surface area is 202 Å². The van der Waals surface area contributed by atoms with E-state index in [0.29, 0.717) is 5.41 Å². The summed E-state index contributed by atoms with van der Waals surface area (Å²) >= 11 is 0. The van der Waals surface area contributed by atoms with Crippen LogP contribution < -0.4 is 0 Å². The molecule has 0 radical (unpaired) electrons. The molecule has 0 saturated heterocycles. The summed E-state index contributed by atoms with van der Waals surface area (Å²) in [6.07, 6.45) is 30.3. The number of allylic oxidation sites excluding steroid dienone is 2. The van der Waals surface area contributed by atoms with Gasteiger partial charge in [-0.05, 0) is 85.9 Å². The predicted molar refractivity (Wildman–Crippen MR) is 143 cm³/mol. The predicted octanol–water partition coefficient (Wildman–Crippen LogP) is 10.9. The highest BCUT2D eigenvalue weighted by Gasteiger charge is 2.82. The van der Waals surface area contributed by atoms with Crippen molar-refractivity contribution in [2.75, 3.05) is 0 Å². The molecule has 0 aromatic rings. The summed E-state index contributed by atoms with van der Waals surface area (Å²) in [6.45, 7) is 12.3. The Morgan fingerprint density at radius 3 is 2.16 bits per heavy atom. The van der Waals surface area contributed by atoms with E-state index in [-0.39, 0.29) is 0 Å². The summed E-state index contributed by atoms with van der Waals surface area (Å²) in [4.78, 5) is 0. The van der Waals surface area contributed by atoms with E-state index in [0.717, 1.165) is 29.1 Å². The quantitative estimate of drug-likeness (QED) is 0.130. The molecule has 5 unspecified atom stereocenters. The lowest BCUT2D eigenvalue weighted by atomic mass is 9.74. The highest BCUT2D eigenvalue weighted by atomic mass is 14.9. The molecule has 0 nitrogen and oxygen atoms in total. The molecule has 0 amide bonds.